The van der Waals surface area contributed by atoms with E-state index in [4.69, 9.17) is 0 Å². The maximum Gasteiger partial charge on any atom is 0.191 e. The third-order valence-corrected chi connectivity index (χ3v) is 2.65. The standard InChI is InChI=1S/C14H18N6.HI/c1-3-6-17-14(15-2)18-11-12-5-8-16-13(10-12)20-9-4-7-19-20;/h3-5,7-10H,1,6,11H2,2H3,(H2,15,17,18);1H. The Hall–Kier alpha value is -1.90. The van der Waals surface area contributed by atoms with Gasteiger partial charge in [-0.1, -0.05) is 6.08 Å². The lowest BCUT2D eigenvalue weighted by atomic mass is 10.2. The Kier molecular flexibility index (Phi) is 7.44. The van der Waals surface area contributed by atoms with E-state index in [1.807, 2.05) is 24.4 Å². The van der Waals surface area contributed by atoms with Gasteiger partial charge in [-0.25, -0.2) is 9.67 Å². The number of rotatable bonds is 5. The third-order valence-electron chi connectivity index (χ3n) is 2.65. The summed E-state index contributed by atoms with van der Waals surface area (Å²) in [6, 6.07) is 5.81. The molecule has 0 aliphatic rings. The van der Waals surface area contributed by atoms with Gasteiger partial charge >= 0.3 is 0 Å². The Labute approximate surface area is 141 Å². The summed E-state index contributed by atoms with van der Waals surface area (Å²) < 4.78 is 1.73. The second-order valence-corrected chi connectivity index (χ2v) is 4.07. The summed E-state index contributed by atoms with van der Waals surface area (Å²) in [6.07, 6.45) is 7.15. The molecule has 2 N–H and O–H groups in total. The average Bonchev–Trinajstić information content (AvgIpc) is 3.02. The van der Waals surface area contributed by atoms with Crippen molar-refractivity contribution in [1.29, 1.82) is 0 Å². The number of nitrogens with one attached hydrogen (secondary N) is 2. The highest BCUT2D eigenvalue weighted by Crippen LogP contribution is 2.05. The Bertz CT molecular complexity index is 579. The molecular formula is C14H19IN6. The van der Waals surface area contributed by atoms with Crippen LogP contribution in [0.5, 0.6) is 0 Å². The molecule has 21 heavy (non-hydrogen) atoms. The zero-order valence-electron chi connectivity index (χ0n) is 11.9. The van der Waals surface area contributed by atoms with Crippen molar-refractivity contribution in [1.82, 2.24) is 25.4 Å². The van der Waals surface area contributed by atoms with Crippen molar-refractivity contribution in [3.63, 3.8) is 0 Å². The van der Waals surface area contributed by atoms with Gasteiger partial charge in [0.1, 0.15) is 0 Å². The molecule has 0 aliphatic heterocycles. The highest BCUT2D eigenvalue weighted by Gasteiger charge is 2.01. The molecule has 0 spiro atoms. The average molecular weight is 398 g/mol. The summed E-state index contributed by atoms with van der Waals surface area (Å²) in [5.74, 6) is 1.53. The molecule has 2 aromatic rings. The Morgan fingerprint density at radius 1 is 1.43 bits per heavy atom. The molecule has 7 heteroatoms. The van der Waals surface area contributed by atoms with Gasteiger partial charge in [-0.15, -0.1) is 30.6 Å². The predicted molar refractivity (Wildman–Crippen MR) is 95.2 cm³/mol. The lowest BCUT2D eigenvalue weighted by Crippen LogP contribution is -2.36. The van der Waals surface area contributed by atoms with E-state index >= 15 is 0 Å². The van der Waals surface area contributed by atoms with Gasteiger partial charge in [0, 0.05) is 38.7 Å². The molecule has 2 rings (SSSR count). The van der Waals surface area contributed by atoms with Gasteiger partial charge < -0.3 is 10.6 Å². The molecule has 0 aliphatic carbocycles. The van der Waals surface area contributed by atoms with Crippen LogP contribution in [0.1, 0.15) is 5.56 Å². The number of aliphatic imine (C=N–C) groups is 1. The Morgan fingerprint density at radius 3 is 2.95 bits per heavy atom. The number of hydrogen-bond acceptors (Lipinski definition) is 3. The number of pyridine rings is 1. The Balaban J connectivity index is 0.00000220. The fourth-order valence-electron chi connectivity index (χ4n) is 1.68. The first kappa shape index (κ1) is 17.2. The van der Waals surface area contributed by atoms with E-state index < -0.39 is 0 Å². The molecule has 0 unspecified atom stereocenters. The minimum Gasteiger partial charge on any atom is -0.353 e. The van der Waals surface area contributed by atoms with Crippen LogP contribution in [0.2, 0.25) is 0 Å². The normalized spacial score (nSPS) is 10.6. The largest absolute Gasteiger partial charge is 0.353 e. The number of guanidine groups is 1. The zero-order chi connectivity index (χ0) is 14.2. The van der Waals surface area contributed by atoms with Crippen LogP contribution in [-0.2, 0) is 6.54 Å². The molecule has 2 aromatic heterocycles. The molecule has 0 bridgehead atoms. The third kappa shape index (κ3) is 5.18. The van der Waals surface area contributed by atoms with Crippen molar-refractivity contribution in [3.8, 4) is 5.82 Å². The van der Waals surface area contributed by atoms with Crippen LogP contribution in [0.25, 0.3) is 5.82 Å². The van der Waals surface area contributed by atoms with Crippen molar-refractivity contribution >= 4 is 29.9 Å². The van der Waals surface area contributed by atoms with Crippen LogP contribution >= 0.6 is 24.0 Å². The van der Waals surface area contributed by atoms with Gasteiger partial charge in [0.15, 0.2) is 11.8 Å². The van der Waals surface area contributed by atoms with Gasteiger partial charge in [-0.3, -0.25) is 4.99 Å². The second kappa shape index (κ2) is 9.11. The van der Waals surface area contributed by atoms with E-state index in [2.05, 4.69) is 32.3 Å². The topological polar surface area (TPSA) is 67.1 Å². The van der Waals surface area contributed by atoms with Crippen LogP contribution in [0.4, 0.5) is 0 Å². The van der Waals surface area contributed by atoms with Crippen LogP contribution in [-0.4, -0.2) is 34.3 Å². The number of nitrogens with zero attached hydrogens (tertiary/aromatic N) is 4. The molecule has 0 aromatic carbocycles. The minimum atomic E-state index is 0. The highest BCUT2D eigenvalue weighted by molar-refractivity contribution is 14.0. The monoisotopic (exact) mass is 398 g/mol. The van der Waals surface area contributed by atoms with E-state index in [0.29, 0.717) is 13.1 Å². The molecule has 112 valence electrons. The van der Waals surface area contributed by atoms with E-state index in [1.54, 1.807) is 30.2 Å². The summed E-state index contributed by atoms with van der Waals surface area (Å²) in [5, 5.41) is 10.5. The van der Waals surface area contributed by atoms with Crippen molar-refractivity contribution in [2.75, 3.05) is 13.6 Å². The molecule has 0 fully saturated rings. The van der Waals surface area contributed by atoms with Gasteiger partial charge in [0.25, 0.3) is 0 Å². The Morgan fingerprint density at radius 2 is 2.29 bits per heavy atom. The molecular weight excluding hydrogens is 379 g/mol. The number of halogens is 1. The smallest absolute Gasteiger partial charge is 0.191 e. The molecule has 6 nitrogen and oxygen atoms in total. The quantitative estimate of drug-likeness (QED) is 0.349. The molecule has 0 saturated carbocycles. The SMILES string of the molecule is C=CCNC(=NC)NCc1ccnc(-n2cccn2)c1.I. The van der Waals surface area contributed by atoms with Crippen molar-refractivity contribution in [2.45, 2.75) is 6.54 Å². The van der Waals surface area contributed by atoms with Crippen LogP contribution in [0.3, 0.4) is 0 Å². The molecule has 2 heterocycles. The lowest BCUT2D eigenvalue weighted by Gasteiger charge is -2.11. The molecule has 0 radical (unpaired) electrons. The van der Waals surface area contributed by atoms with Crippen LogP contribution < -0.4 is 10.6 Å². The summed E-state index contributed by atoms with van der Waals surface area (Å²) in [7, 11) is 1.74. The molecule has 0 amide bonds. The first-order chi connectivity index (χ1) is 9.83. The lowest BCUT2D eigenvalue weighted by molar-refractivity contribution is 0.821. The molecule has 0 saturated heterocycles. The van der Waals surface area contributed by atoms with Gasteiger partial charge in [0.2, 0.25) is 0 Å². The van der Waals surface area contributed by atoms with Crippen molar-refractivity contribution in [2.24, 2.45) is 4.99 Å². The summed E-state index contributed by atoms with van der Waals surface area (Å²) >= 11 is 0. The van der Waals surface area contributed by atoms with Crippen molar-refractivity contribution in [3.05, 3.63) is 55.0 Å². The predicted octanol–water partition coefficient (Wildman–Crippen LogP) is 1.74. The van der Waals surface area contributed by atoms with Crippen LogP contribution in [0, 0.1) is 0 Å². The van der Waals surface area contributed by atoms with Gasteiger partial charge in [-0.05, 0) is 23.8 Å². The van der Waals surface area contributed by atoms with Crippen LogP contribution in [0.15, 0.2) is 54.4 Å². The number of aromatic nitrogens is 3. The van der Waals surface area contributed by atoms with Crippen molar-refractivity contribution < 1.29 is 0 Å². The summed E-state index contributed by atoms with van der Waals surface area (Å²) in [5.41, 5.74) is 1.10. The first-order valence-electron chi connectivity index (χ1n) is 6.34. The molecule has 0 atom stereocenters. The number of hydrogen-bond donors (Lipinski definition) is 2. The minimum absolute atomic E-state index is 0. The van der Waals surface area contributed by atoms with E-state index in [9.17, 15) is 0 Å². The maximum atomic E-state index is 4.29. The first-order valence-corrected chi connectivity index (χ1v) is 6.34. The maximum absolute atomic E-state index is 4.29. The summed E-state index contributed by atoms with van der Waals surface area (Å²) in [6.45, 7) is 5.00. The van der Waals surface area contributed by atoms with E-state index in [1.165, 1.54) is 0 Å². The van der Waals surface area contributed by atoms with E-state index in [0.717, 1.165) is 17.3 Å². The highest BCUT2D eigenvalue weighted by atomic mass is 127. The van der Waals surface area contributed by atoms with E-state index in [-0.39, 0.29) is 24.0 Å². The summed E-state index contributed by atoms with van der Waals surface area (Å²) in [4.78, 5) is 8.42. The van der Waals surface area contributed by atoms with Gasteiger partial charge in [0.05, 0.1) is 0 Å². The fraction of sp³-hybridized carbons (Fsp3) is 0.214. The zero-order valence-corrected chi connectivity index (χ0v) is 14.2. The fourth-order valence-corrected chi connectivity index (χ4v) is 1.68. The van der Waals surface area contributed by atoms with Gasteiger partial charge in [-0.2, -0.15) is 5.10 Å². The second-order valence-electron chi connectivity index (χ2n) is 4.07.